The SMILES string of the molecule is CC(CCC(CO)Oc1nn(C)c(C(F)(F)F)c1Cl)[N+](=O)[O-]. The summed E-state index contributed by atoms with van der Waals surface area (Å²) in [5.74, 6) is -0.468. The molecule has 0 saturated carbocycles. The average molecular weight is 346 g/mol. The highest BCUT2D eigenvalue weighted by Crippen LogP contribution is 2.39. The second kappa shape index (κ2) is 7.14. The molecule has 7 nitrogen and oxygen atoms in total. The van der Waals surface area contributed by atoms with Crippen LogP contribution >= 0.6 is 11.6 Å². The first kappa shape index (κ1) is 18.5. The van der Waals surface area contributed by atoms with Crippen molar-refractivity contribution in [2.75, 3.05) is 6.61 Å². The first-order valence-corrected chi connectivity index (χ1v) is 6.66. The van der Waals surface area contributed by atoms with Gasteiger partial charge in [-0.25, -0.2) is 0 Å². The molecule has 2 atom stereocenters. The molecule has 22 heavy (non-hydrogen) atoms. The molecular weight excluding hydrogens is 331 g/mol. The van der Waals surface area contributed by atoms with Crippen LogP contribution in [0.5, 0.6) is 5.88 Å². The highest BCUT2D eigenvalue weighted by Gasteiger charge is 2.39. The lowest BCUT2D eigenvalue weighted by Gasteiger charge is -2.15. The molecule has 0 spiro atoms. The van der Waals surface area contributed by atoms with Gasteiger partial charge in [0.15, 0.2) is 5.69 Å². The highest BCUT2D eigenvalue weighted by molar-refractivity contribution is 6.32. The Morgan fingerprint density at radius 1 is 1.50 bits per heavy atom. The Kier molecular flexibility index (Phi) is 6.00. The van der Waals surface area contributed by atoms with Crippen LogP contribution in [-0.4, -0.2) is 38.6 Å². The second-order valence-electron chi connectivity index (χ2n) is 4.72. The summed E-state index contributed by atoms with van der Waals surface area (Å²) in [5.41, 5.74) is -1.17. The summed E-state index contributed by atoms with van der Waals surface area (Å²) in [5, 5.41) is 22.5. The van der Waals surface area contributed by atoms with Crippen LogP contribution in [0.4, 0.5) is 13.2 Å². The van der Waals surface area contributed by atoms with Crippen LogP contribution in [0, 0.1) is 10.1 Å². The summed E-state index contributed by atoms with van der Waals surface area (Å²) in [7, 11) is 1.06. The Balaban J connectivity index is 2.82. The molecule has 1 N–H and O–H groups in total. The Labute approximate surface area is 128 Å². The van der Waals surface area contributed by atoms with E-state index in [1.165, 1.54) is 6.92 Å². The summed E-state index contributed by atoms with van der Waals surface area (Å²) in [6, 6.07) is -0.859. The van der Waals surface area contributed by atoms with Crippen LogP contribution in [0.15, 0.2) is 0 Å². The van der Waals surface area contributed by atoms with Crippen molar-refractivity contribution in [3.05, 3.63) is 20.8 Å². The molecule has 126 valence electrons. The number of halogens is 4. The van der Waals surface area contributed by atoms with Gasteiger partial charge in [0.25, 0.3) is 5.88 Å². The number of hydrogen-bond donors (Lipinski definition) is 1. The number of aliphatic hydroxyl groups excluding tert-OH is 1. The third kappa shape index (κ3) is 4.47. The summed E-state index contributed by atoms with van der Waals surface area (Å²) in [6.45, 7) is 0.850. The summed E-state index contributed by atoms with van der Waals surface area (Å²) >= 11 is 5.61. The zero-order valence-corrected chi connectivity index (χ0v) is 12.6. The van der Waals surface area contributed by atoms with Gasteiger partial charge in [-0.3, -0.25) is 14.8 Å². The number of ether oxygens (including phenoxy) is 1. The van der Waals surface area contributed by atoms with Gasteiger partial charge in [-0.1, -0.05) is 11.6 Å². The van der Waals surface area contributed by atoms with E-state index in [1.54, 1.807) is 0 Å². The lowest BCUT2D eigenvalue weighted by atomic mass is 10.1. The fraction of sp³-hybridized carbons (Fsp3) is 0.727. The topological polar surface area (TPSA) is 90.4 Å². The van der Waals surface area contributed by atoms with Crippen LogP contribution in [0.2, 0.25) is 5.02 Å². The van der Waals surface area contributed by atoms with E-state index in [9.17, 15) is 28.4 Å². The number of nitrogens with zero attached hydrogens (tertiary/aromatic N) is 3. The van der Waals surface area contributed by atoms with Gasteiger partial charge in [0.2, 0.25) is 6.04 Å². The monoisotopic (exact) mass is 345 g/mol. The predicted molar refractivity (Wildman–Crippen MR) is 70.4 cm³/mol. The minimum Gasteiger partial charge on any atom is -0.470 e. The summed E-state index contributed by atoms with van der Waals surface area (Å²) < 4.78 is 44.0. The zero-order valence-electron chi connectivity index (χ0n) is 11.8. The van der Waals surface area contributed by atoms with E-state index in [1.807, 2.05) is 0 Å². The second-order valence-corrected chi connectivity index (χ2v) is 5.10. The largest absolute Gasteiger partial charge is 0.470 e. The molecule has 0 aliphatic rings. The number of rotatable bonds is 7. The van der Waals surface area contributed by atoms with Crippen molar-refractivity contribution in [2.45, 2.75) is 38.1 Å². The van der Waals surface area contributed by atoms with Crippen molar-refractivity contribution in [3.63, 3.8) is 0 Å². The van der Waals surface area contributed by atoms with E-state index >= 15 is 0 Å². The molecule has 0 aromatic carbocycles. The molecular formula is C11H15ClF3N3O4. The van der Waals surface area contributed by atoms with Crippen molar-refractivity contribution in [2.24, 2.45) is 7.05 Å². The van der Waals surface area contributed by atoms with Gasteiger partial charge in [0.05, 0.1) is 6.61 Å². The molecule has 0 bridgehead atoms. The van der Waals surface area contributed by atoms with E-state index in [4.69, 9.17) is 16.3 Å². The lowest BCUT2D eigenvalue weighted by molar-refractivity contribution is -0.519. The average Bonchev–Trinajstić information content (AvgIpc) is 2.67. The van der Waals surface area contributed by atoms with Crippen molar-refractivity contribution in [3.8, 4) is 5.88 Å². The molecule has 0 amide bonds. The molecule has 0 fully saturated rings. The van der Waals surface area contributed by atoms with E-state index in [0.29, 0.717) is 4.68 Å². The quantitative estimate of drug-likeness (QED) is 0.604. The van der Waals surface area contributed by atoms with Crippen LogP contribution in [0.3, 0.4) is 0 Å². The smallest absolute Gasteiger partial charge is 0.434 e. The van der Waals surface area contributed by atoms with Gasteiger partial charge in [0.1, 0.15) is 11.1 Å². The van der Waals surface area contributed by atoms with Crippen molar-refractivity contribution in [1.29, 1.82) is 0 Å². The fourth-order valence-electron chi connectivity index (χ4n) is 1.73. The predicted octanol–water partition coefficient (Wildman–Crippen LogP) is 2.28. The molecule has 1 aromatic heterocycles. The molecule has 0 saturated heterocycles. The van der Waals surface area contributed by atoms with Gasteiger partial charge in [-0.05, 0) is 6.42 Å². The molecule has 2 unspecified atom stereocenters. The Morgan fingerprint density at radius 3 is 2.50 bits per heavy atom. The van der Waals surface area contributed by atoms with Gasteiger partial charge >= 0.3 is 6.18 Å². The molecule has 1 rings (SSSR count). The molecule has 0 radical (unpaired) electrons. The maximum atomic E-state index is 12.8. The molecule has 0 aliphatic heterocycles. The summed E-state index contributed by atoms with van der Waals surface area (Å²) in [6.07, 6.45) is -5.47. The Hall–Kier alpha value is -1.55. The van der Waals surface area contributed by atoms with Crippen LogP contribution in [0.1, 0.15) is 25.5 Å². The molecule has 0 aliphatic carbocycles. The van der Waals surface area contributed by atoms with Crippen LogP contribution < -0.4 is 4.74 Å². The third-order valence-electron chi connectivity index (χ3n) is 2.98. The number of aliphatic hydroxyl groups is 1. The standard InChI is InChI=1S/C11H15ClF3N3O4/c1-6(18(20)21)3-4-7(5-19)22-10-8(12)9(11(13,14)15)17(2)16-10/h6-7,19H,3-5H2,1-2H3. The summed E-state index contributed by atoms with van der Waals surface area (Å²) in [4.78, 5) is 10.0. The third-order valence-corrected chi connectivity index (χ3v) is 3.32. The van der Waals surface area contributed by atoms with E-state index in [-0.39, 0.29) is 12.8 Å². The molecule has 1 heterocycles. The van der Waals surface area contributed by atoms with E-state index in [0.717, 1.165) is 7.05 Å². The fourth-order valence-corrected chi connectivity index (χ4v) is 2.05. The van der Waals surface area contributed by atoms with Crippen molar-refractivity contribution < 1.29 is 27.9 Å². The number of aryl methyl sites for hydroxylation is 1. The number of nitro groups is 1. The van der Waals surface area contributed by atoms with E-state index < -0.39 is 46.4 Å². The van der Waals surface area contributed by atoms with E-state index in [2.05, 4.69) is 5.10 Å². The minimum atomic E-state index is -4.70. The van der Waals surface area contributed by atoms with Crippen LogP contribution in [-0.2, 0) is 13.2 Å². The first-order valence-electron chi connectivity index (χ1n) is 6.28. The first-order chi connectivity index (χ1) is 10.1. The zero-order chi connectivity index (χ0) is 17.1. The number of hydrogen-bond acceptors (Lipinski definition) is 5. The Morgan fingerprint density at radius 2 is 2.09 bits per heavy atom. The van der Waals surface area contributed by atoms with Gasteiger partial charge < -0.3 is 9.84 Å². The molecule has 1 aromatic rings. The van der Waals surface area contributed by atoms with Gasteiger partial charge in [-0.2, -0.15) is 13.2 Å². The lowest BCUT2D eigenvalue weighted by Crippen LogP contribution is -2.25. The van der Waals surface area contributed by atoms with Crippen molar-refractivity contribution >= 4 is 11.6 Å². The van der Waals surface area contributed by atoms with Gasteiger partial charge in [0, 0.05) is 25.3 Å². The normalized spacial score (nSPS) is 14.7. The van der Waals surface area contributed by atoms with Crippen molar-refractivity contribution in [1.82, 2.24) is 9.78 Å². The molecule has 11 heteroatoms. The van der Waals surface area contributed by atoms with Gasteiger partial charge in [-0.15, -0.1) is 5.10 Å². The minimum absolute atomic E-state index is 0.0763. The number of alkyl halides is 3. The van der Waals surface area contributed by atoms with Crippen LogP contribution in [0.25, 0.3) is 0 Å². The Bertz CT molecular complexity index is 535. The maximum Gasteiger partial charge on any atom is 0.434 e. The number of aromatic nitrogens is 2. The highest BCUT2D eigenvalue weighted by atomic mass is 35.5. The maximum absolute atomic E-state index is 12.8.